The highest BCUT2D eigenvalue weighted by Gasteiger charge is 2.41. The fourth-order valence-corrected chi connectivity index (χ4v) is 3.74. The van der Waals surface area contributed by atoms with Gasteiger partial charge in [-0.05, 0) is 49.2 Å². The van der Waals surface area contributed by atoms with Crippen molar-refractivity contribution < 1.29 is 23.1 Å². The van der Waals surface area contributed by atoms with Gasteiger partial charge >= 0.3 is 0 Å². The van der Waals surface area contributed by atoms with Crippen molar-refractivity contribution >= 4 is 28.8 Å². The number of para-hydroxylation sites is 2. The van der Waals surface area contributed by atoms with E-state index in [0.717, 1.165) is 28.2 Å². The molecule has 0 atom stereocenters. The fourth-order valence-electron chi connectivity index (χ4n) is 3.74. The van der Waals surface area contributed by atoms with E-state index >= 15 is 0 Å². The topological polar surface area (TPSA) is 58.6 Å². The number of imide groups is 1. The number of aryl methyl sites for hydroxylation is 2. The number of anilines is 2. The molecule has 0 bridgehead atoms. The second kappa shape index (κ2) is 8.26. The number of carbonyl (C=O) groups excluding carboxylic acids is 2. The Morgan fingerprint density at radius 3 is 2.31 bits per heavy atom. The van der Waals surface area contributed by atoms with Crippen LogP contribution in [0.15, 0.2) is 66.4 Å². The van der Waals surface area contributed by atoms with Crippen molar-refractivity contribution in [2.45, 2.75) is 13.8 Å². The summed E-state index contributed by atoms with van der Waals surface area (Å²) in [6.45, 7) is 3.77. The van der Waals surface area contributed by atoms with Gasteiger partial charge in [-0.3, -0.25) is 9.59 Å². The van der Waals surface area contributed by atoms with Gasteiger partial charge in [0.1, 0.15) is 11.4 Å². The minimum atomic E-state index is -1.07. The first-order chi connectivity index (χ1) is 15.3. The van der Waals surface area contributed by atoms with Crippen molar-refractivity contribution in [3.63, 3.8) is 0 Å². The summed E-state index contributed by atoms with van der Waals surface area (Å²) in [5.74, 6) is -2.90. The predicted molar refractivity (Wildman–Crippen MR) is 118 cm³/mol. The Hall–Kier alpha value is -4.00. The van der Waals surface area contributed by atoms with Gasteiger partial charge in [-0.25, -0.2) is 13.7 Å². The summed E-state index contributed by atoms with van der Waals surface area (Å²) in [6.07, 6.45) is 0. The van der Waals surface area contributed by atoms with Gasteiger partial charge < -0.3 is 10.1 Å². The first-order valence-corrected chi connectivity index (χ1v) is 9.87. The second-order valence-electron chi connectivity index (χ2n) is 7.44. The average molecular weight is 434 g/mol. The summed E-state index contributed by atoms with van der Waals surface area (Å²) < 4.78 is 32.5. The smallest absolute Gasteiger partial charge is 0.282 e. The zero-order chi connectivity index (χ0) is 23.0. The number of methoxy groups -OCH3 is 1. The van der Waals surface area contributed by atoms with Crippen LogP contribution in [0.5, 0.6) is 5.75 Å². The van der Waals surface area contributed by atoms with Gasteiger partial charge in [-0.2, -0.15) is 0 Å². The lowest BCUT2D eigenvalue weighted by atomic mass is 9.97. The van der Waals surface area contributed by atoms with E-state index in [0.29, 0.717) is 11.3 Å². The van der Waals surface area contributed by atoms with Crippen LogP contribution in [0.4, 0.5) is 20.2 Å². The van der Waals surface area contributed by atoms with Gasteiger partial charge in [-0.1, -0.05) is 35.9 Å². The summed E-state index contributed by atoms with van der Waals surface area (Å²) >= 11 is 0. The van der Waals surface area contributed by atoms with Gasteiger partial charge in [0.2, 0.25) is 0 Å². The standard InChI is InChI=1S/C25H20F2N2O3/c1-14-8-10-17(15(2)12-14)22-23(28-16-9-11-18(26)19(27)13-16)25(31)29(24(22)30)20-6-4-5-7-21(20)32-3/h4-13,28H,1-3H3. The summed E-state index contributed by atoms with van der Waals surface area (Å²) in [5.41, 5.74) is 2.91. The average Bonchev–Trinajstić information content (AvgIpc) is 3.00. The highest BCUT2D eigenvalue weighted by Crippen LogP contribution is 2.38. The van der Waals surface area contributed by atoms with Crippen LogP contribution in [-0.2, 0) is 9.59 Å². The molecule has 162 valence electrons. The van der Waals surface area contributed by atoms with Crippen molar-refractivity contribution in [3.05, 3.63) is 94.7 Å². The van der Waals surface area contributed by atoms with Crippen molar-refractivity contribution in [1.82, 2.24) is 0 Å². The summed E-state index contributed by atoms with van der Waals surface area (Å²) in [5, 5.41) is 2.84. The van der Waals surface area contributed by atoms with E-state index in [1.807, 2.05) is 26.0 Å². The molecule has 2 amide bonds. The van der Waals surface area contributed by atoms with E-state index in [-0.39, 0.29) is 22.6 Å². The van der Waals surface area contributed by atoms with Gasteiger partial charge in [0.25, 0.3) is 11.8 Å². The van der Waals surface area contributed by atoms with Gasteiger partial charge in [-0.15, -0.1) is 0 Å². The Kier molecular flexibility index (Phi) is 5.48. The molecule has 1 N–H and O–H groups in total. The number of halogens is 2. The zero-order valence-electron chi connectivity index (χ0n) is 17.7. The molecule has 4 rings (SSSR count). The van der Waals surface area contributed by atoms with Crippen LogP contribution in [0, 0.1) is 25.5 Å². The van der Waals surface area contributed by atoms with Crippen molar-refractivity contribution in [2.24, 2.45) is 0 Å². The molecule has 0 saturated heterocycles. The van der Waals surface area contributed by atoms with Crippen molar-refractivity contribution in [3.8, 4) is 5.75 Å². The number of nitrogens with zero attached hydrogens (tertiary/aromatic N) is 1. The van der Waals surface area contributed by atoms with E-state index in [9.17, 15) is 18.4 Å². The number of nitrogens with one attached hydrogen (secondary N) is 1. The number of amides is 2. The molecule has 3 aromatic rings. The fraction of sp³-hybridized carbons (Fsp3) is 0.120. The van der Waals surface area contributed by atoms with E-state index in [1.165, 1.54) is 13.2 Å². The lowest BCUT2D eigenvalue weighted by Gasteiger charge is -2.18. The summed E-state index contributed by atoms with van der Waals surface area (Å²) in [6, 6.07) is 15.4. The van der Waals surface area contributed by atoms with Crippen LogP contribution in [0.3, 0.4) is 0 Å². The molecule has 0 radical (unpaired) electrons. The van der Waals surface area contributed by atoms with Gasteiger partial charge in [0, 0.05) is 11.8 Å². The summed E-state index contributed by atoms with van der Waals surface area (Å²) in [4.78, 5) is 28.0. The lowest BCUT2D eigenvalue weighted by molar-refractivity contribution is -0.120. The third-order valence-electron chi connectivity index (χ3n) is 5.25. The SMILES string of the molecule is COc1ccccc1N1C(=O)C(Nc2ccc(F)c(F)c2)=C(c2ccc(C)cc2C)C1=O. The van der Waals surface area contributed by atoms with Crippen LogP contribution >= 0.6 is 0 Å². The van der Waals surface area contributed by atoms with E-state index < -0.39 is 23.4 Å². The molecule has 1 heterocycles. The van der Waals surface area contributed by atoms with E-state index in [4.69, 9.17) is 4.74 Å². The van der Waals surface area contributed by atoms with E-state index in [2.05, 4.69) is 5.32 Å². The Morgan fingerprint density at radius 2 is 1.62 bits per heavy atom. The molecule has 0 unspecified atom stereocenters. The zero-order valence-corrected chi connectivity index (χ0v) is 17.7. The minimum absolute atomic E-state index is 0.0288. The highest BCUT2D eigenvalue weighted by molar-refractivity contribution is 6.46. The van der Waals surface area contributed by atoms with Crippen LogP contribution in [0.1, 0.15) is 16.7 Å². The molecule has 0 fully saturated rings. The third kappa shape index (κ3) is 3.62. The molecule has 0 aromatic heterocycles. The number of carbonyl (C=O) groups is 2. The third-order valence-corrected chi connectivity index (χ3v) is 5.25. The number of ether oxygens (including phenoxy) is 1. The lowest BCUT2D eigenvalue weighted by Crippen LogP contribution is -2.32. The van der Waals surface area contributed by atoms with Crippen molar-refractivity contribution in [2.75, 3.05) is 17.3 Å². The molecule has 7 heteroatoms. The van der Waals surface area contributed by atoms with Crippen LogP contribution in [0.25, 0.3) is 5.57 Å². The quantitative estimate of drug-likeness (QED) is 0.575. The highest BCUT2D eigenvalue weighted by atomic mass is 19.2. The first-order valence-electron chi connectivity index (χ1n) is 9.87. The van der Waals surface area contributed by atoms with Crippen molar-refractivity contribution in [1.29, 1.82) is 0 Å². The molecule has 5 nitrogen and oxygen atoms in total. The molecule has 1 aliphatic heterocycles. The molecular weight excluding hydrogens is 414 g/mol. The van der Waals surface area contributed by atoms with Gasteiger partial charge in [0.05, 0.1) is 18.4 Å². The molecule has 32 heavy (non-hydrogen) atoms. The van der Waals surface area contributed by atoms with E-state index in [1.54, 1.807) is 30.3 Å². The molecule has 1 aliphatic rings. The summed E-state index contributed by atoms with van der Waals surface area (Å²) in [7, 11) is 1.45. The second-order valence-corrected chi connectivity index (χ2v) is 7.44. The first kappa shape index (κ1) is 21.2. The van der Waals surface area contributed by atoms with Crippen LogP contribution in [0.2, 0.25) is 0 Å². The molecule has 0 aliphatic carbocycles. The molecular formula is C25H20F2N2O3. The monoisotopic (exact) mass is 434 g/mol. The molecule has 0 saturated carbocycles. The normalized spacial score (nSPS) is 13.7. The van der Waals surface area contributed by atoms with Gasteiger partial charge in [0.15, 0.2) is 11.6 Å². The number of rotatable bonds is 5. The number of hydrogen-bond acceptors (Lipinski definition) is 4. The Balaban J connectivity index is 1.88. The van der Waals surface area contributed by atoms with Crippen LogP contribution < -0.4 is 15.0 Å². The number of hydrogen-bond donors (Lipinski definition) is 1. The molecule has 3 aromatic carbocycles. The maximum absolute atomic E-state index is 13.8. The Labute approximate surface area is 183 Å². The molecule has 0 spiro atoms. The predicted octanol–water partition coefficient (Wildman–Crippen LogP) is 4.99. The van der Waals surface area contributed by atoms with Crippen LogP contribution in [-0.4, -0.2) is 18.9 Å². The number of benzene rings is 3. The maximum Gasteiger partial charge on any atom is 0.282 e. The maximum atomic E-state index is 13.8. The Morgan fingerprint density at radius 1 is 0.875 bits per heavy atom. The largest absolute Gasteiger partial charge is 0.495 e. The minimum Gasteiger partial charge on any atom is -0.495 e. The Bertz CT molecular complexity index is 1280.